The molecule has 2 nitrogen and oxygen atoms in total. The highest BCUT2D eigenvalue weighted by Gasteiger charge is 1.96. The summed E-state index contributed by atoms with van der Waals surface area (Å²) in [5.41, 5.74) is 1.88. The van der Waals surface area contributed by atoms with Crippen molar-refractivity contribution in [3.63, 3.8) is 0 Å². The van der Waals surface area contributed by atoms with Crippen LogP contribution in [0.3, 0.4) is 0 Å². The van der Waals surface area contributed by atoms with Crippen LogP contribution < -0.4 is 4.74 Å². The molecule has 2 rings (SSSR count). The minimum absolute atomic E-state index is 0.519. The smallest absolute Gasteiger partial charge is 0.193 e. The molecule has 2 aromatic rings. The SMILES string of the molecule is O=CC#Cc1cccc(OCc2ccccc2)c1. The van der Waals surface area contributed by atoms with Crippen molar-refractivity contribution in [3.05, 3.63) is 65.7 Å². The molecule has 2 heteroatoms. The number of ether oxygens (including phenoxy) is 1. The molecule has 2 aromatic carbocycles. The van der Waals surface area contributed by atoms with Gasteiger partial charge in [0, 0.05) is 5.56 Å². The number of carbonyl (C=O) groups excluding carboxylic acids is 1. The number of hydrogen-bond donors (Lipinski definition) is 0. The molecule has 0 radical (unpaired) electrons. The molecular weight excluding hydrogens is 224 g/mol. The maximum absolute atomic E-state index is 10.2. The molecule has 0 bridgehead atoms. The first-order valence-corrected chi connectivity index (χ1v) is 5.60. The predicted octanol–water partition coefficient (Wildman–Crippen LogP) is 2.82. The van der Waals surface area contributed by atoms with Gasteiger partial charge >= 0.3 is 0 Å². The van der Waals surface area contributed by atoms with Crippen LogP contribution in [0.25, 0.3) is 0 Å². The zero-order chi connectivity index (χ0) is 12.6. The average Bonchev–Trinajstić information content (AvgIpc) is 2.44. The normalized spacial score (nSPS) is 9.11. The summed E-state index contributed by atoms with van der Waals surface area (Å²) in [6, 6.07) is 17.3. The Morgan fingerprint density at radius 3 is 2.67 bits per heavy atom. The first kappa shape index (κ1) is 11.9. The molecule has 0 N–H and O–H groups in total. The third kappa shape index (κ3) is 3.50. The van der Waals surface area contributed by atoms with Crippen LogP contribution in [-0.2, 0) is 11.4 Å². The first-order chi connectivity index (χ1) is 8.88. The van der Waals surface area contributed by atoms with Crippen molar-refractivity contribution >= 4 is 6.29 Å². The number of carbonyl (C=O) groups is 1. The van der Waals surface area contributed by atoms with Crippen molar-refractivity contribution in [3.8, 4) is 17.6 Å². The summed E-state index contributed by atoms with van der Waals surface area (Å²) in [4.78, 5) is 10.2. The lowest BCUT2D eigenvalue weighted by Gasteiger charge is -2.06. The Morgan fingerprint density at radius 1 is 1.06 bits per heavy atom. The minimum atomic E-state index is 0.519. The lowest BCUT2D eigenvalue weighted by atomic mass is 10.2. The van der Waals surface area contributed by atoms with E-state index in [9.17, 15) is 4.79 Å². The van der Waals surface area contributed by atoms with Gasteiger partial charge in [0.2, 0.25) is 0 Å². The Balaban J connectivity index is 2.03. The van der Waals surface area contributed by atoms with E-state index in [0.717, 1.165) is 16.9 Å². The van der Waals surface area contributed by atoms with E-state index in [1.807, 2.05) is 54.6 Å². The summed E-state index contributed by atoms with van der Waals surface area (Å²) in [6.45, 7) is 0.519. The van der Waals surface area contributed by atoms with Crippen molar-refractivity contribution < 1.29 is 9.53 Å². The number of rotatable bonds is 3. The van der Waals surface area contributed by atoms with Crippen LogP contribution in [0, 0.1) is 11.8 Å². The van der Waals surface area contributed by atoms with Crippen LogP contribution in [0.1, 0.15) is 11.1 Å². The van der Waals surface area contributed by atoms with E-state index >= 15 is 0 Å². The molecule has 0 fully saturated rings. The van der Waals surface area contributed by atoms with Gasteiger partial charge in [-0.2, -0.15) is 0 Å². The zero-order valence-electron chi connectivity index (χ0n) is 9.80. The molecule has 0 aliphatic rings. The van der Waals surface area contributed by atoms with Crippen molar-refractivity contribution in [1.29, 1.82) is 0 Å². The van der Waals surface area contributed by atoms with E-state index in [4.69, 9.17) is 4.74 Å². The highest BCUT2D eigenvalue weighted by Crippen LogP contribution is 2.14. The number of aldehydes is 1. The van der Waals surface area contributed by atoms with Crippen molar-refractivity contribution in [2.45, 2.75) is 6.61 Å². The van der Waals surface area contributed by atoms with Crippen molar-refractivity contribution in [1.82, 2.24) is 0 Å². The van der Waals surface area contributed by atoms with Gasteiger partial charge in [0.1, 0.15) is 12.4 Å². The van der Waals surface area contributed by atoms with Crippen LogP contribution in [0.4, 0.5) is 0 Å². The summed E-state index contributed by atoms with van der Waals surface area (Å²) < 4.78 is 5.66. The Labute approximate surface area is 106 Å². The fraction of sp³-hybridized carbons (Fsp3) is 0.0625. The molecule has 0 aliphatic carbocycles. The minimum Gasteiger partial charge on any atom is -0.489 e. The molecule has 0 aromatic heterocycles. The molecule has 0 unspecified atom stereocenters. The Bertz CT molecular complexity index is 577. The summed E-state index contributed by atoms with van der Waals surface area (Å²) in [5.74, 6) is 5.86. The Morgan fingerprint density at radius 2 is 1.89 bits per heavy atom. The Kier molecular flexibility index (Phi) is 4.16. The molecule has 0 atom stereocenters. The van der Waals surface area contributed by atoms with Crippen molar-refractivity contribution in [2.75, 3.05) is 0 Å². The highest BCUT2D eigenvalue weighted by molar-refractivity contribution is 5.74. The van der Waals surface area contributed by atoms with E-state index in [-0.39, 0.29) is 0 Å². The van der Waals surface area contributed by atoms with Gasteiger partial charge in [-0.05, 0) is 29.7 Å². The van der Waals surface area contributed by atoms with E-state index in [0.29, 0.717) is 12.9 Å². The molecule has 18 heavy (non-hydrogen) atoms. The van der Waals surface area contributed by atoms with Gasteiger partial charge in [0.05, 0.1) is 0 Å². The van der Waals surface area contributed by atoms with Gasteiger partial charge in [-0.25, -0.2) is 0 Å². The Hall–Kier alpha value is -2.53. The second-order valence-corrected chi connectivity index (χ2v) is 3.69. The fourth-order valence-electron chi connectivity index (χ4n) is 1.52. The van der Waals surface area contributed by atoms with Crippen LogP contribution in [0.15, 0.2) is 54.6 Å². The summed E-state index contributed by atoms with van der Waals surface area (Å²) in [6.07, 6.45) is 0.581. The largest absolute Gasteiger partial charge is 0.489 e. The maximum Gasteiger partial charge on any atom is 0.193 e. The predicted molar refractivity (Wildman–Crippen MR) is 70.2 cm³/mol. The molecule has 0 aliphatic heterocycles. The molecular formula is C16H12O2. The van der Waals surface area contributed by atoms with Gasteiger partial charge in [-0.3, -0.25) is 4.79 Å². The molecule has 88 valence electrons. The van der Waals surface area contributed by atoms with Gasteiger partial charge in [-0.15, -0.1) is 0 Å². The molecule has 0 amide bonds. The lowest BCUT2D eigenvalue weighted by molar-refractivity contribution is -0.103. The molecule has 0 saturated carbocycles. The summed E-state index contributed by atoms with van der Waals surface area (Å²) in [7, 11) is 0. The van der Waals surface area contributed by atoms with Crippen molar-refractivity contribution in [2.24, 2.45) is 0 Å². The lowest BCUT2D eigenvalue weighted by Crippen LogP contribution is -1.94. The fourth-order valence-corrected chi connectivity index (χ4v) is 1.52. The second kappa shape index (κ2) is 6.27. The molecule has 0 saturated heterocycles. The first-order valence-electron chi connectivity index (χ1n) is 5.60. The van der Waals surface area contributed by atoms with Crippen LogP contribution in [-0.4, -0.2) is 6.29 Å². The van der Waals surface area contributed by atoms with Gasteiger partial charge < -0.3 is 4.74 Å². The molecule has 0 spiro atoms. The third-order valence-corrected chi connectivity index (χ3v) is 2.36. The third-order valence-electron chi connectivity index (χ3n) is 2.36. The zero-order valence-corrected chi connectivity index (χ0v) is 9.80. The number of hydrogen-bond acceptors (Lipinski definition) is 2. The van der Waals surface area contributed by atoms with E-state index in [2.05, 4.69) is 11.8 Å². The summed E-state index contributed by atoms with van der Waals surface area (Å²) >= 11 is 0. The maximum atomic E-state index is 10.2. The molecule has 0 heterocycles. The number of benzene rings is 2. The van der Waals surface area contributed by atoms with Gasteiger partial charge in [0.25, 0.3) is 0 Å². The van der Waals surface area contributed by atoms with E-state index < -0.39 is 0 Å². The standard InChI is InChI=1S/C16H12O2/c17-11-5-9-14-8-4-10-16(12-14)18-13-15-6-2-1-3-7-15/h1-4,6-8,10-12H,13H2. The van der Waals surface area contributed by atoms with Crippen LogP contribution in [0.5, 0.6) is 5.75 Å². The average molecular weight is 236 g/mol. The second-order valence-electron chi connectivity index (χ2n) is 3.69. The van der Waals surface area contributed by atoms with E-state index in [1.165, 1.54) is 0 Å². The van der Waals surface area contributed by atoms with Gasteiger partial charge in [0.15, 0.2) is 6.29 Å². The van der Waals surface area contributed by atoms with Crippen LogP contribution >= 0.6 is 0 Å². The van der Waals surface area contributed by atoms with Crippen LogP contribution in [0.2, 0.25) is 0 Å². The highest BCUT2D eigenvalue weighted by atomic mass is 16.5. The topological polar surface area (TPSA) is 26.3 Å². The van der Waals surface area contributed by atoms with Gasteiger partial charge in [-0.1, -0.05) is 42.3 Å². The quantitative estimate of drug-likeness (QED) is 0.605. The monoisotopic (exact) mass is 236 g/mol. The van der Waals surface area contributed by atoms with E-state index in [1.54, 1.807) is 0 Å². The summed E-state index contributed by atoms with van der Waals surface area (Å²) in [5, 5.41) is 0.